The highest BCUT2D eigenvalue weighted by Crippen LogP contribution is 2.27. The zero-order chi connectivity index (χ0) is 19.8. The van der Waals surface area contributed by atoms with Crippen LogP contribution in [0.2, 0.25) is 0 Å². The molecule has 0 aliphatic heterocycles. The number of ether oxygens (including phenoxy) is 1. The monoisotopic (exact) mass is 384 g/mol. The molecule has 0 saturated heterocycles. The molecule has 3 aromatic rings. The second-order valence-corrected chi connectivity index (χ2v) is 6.66. The Morgan fingerprint density at radius 1 is 1.04 bits per heavy atom. The second kappa shape index (κ2) is 9.59. The van der Waals surface area contributed by atoms with Gasteiger partial charge in [0.15, 0.2) is 0 Å². The summed E-state index contributed by atoms with van der Waals surface area (Å²) in [4.78, 5) is 19.9. The average Bonchev–Trinajstić information content (AvgIpc) is 2.71. The SMILES string of the molecule is CC.Cc1cc(S(=O)c2ccc(C(=O)O)cc2)ccc1Oc1ccncn1. The van der Waals surface area contributed by atoms with Gasteiger partial charge in [-0.3, -0.25) is 0 Å². The van der Waals surface area contributed by atoms with Crippen molar-refractivity contribution in [1.29, 1.82) is 0 Å². The number of carboxylic acids is 1. The van der Waals surface area contributed by atoms with Gasteiger partial charge in [-0.25, -0.2) is 19.0 Å². The molecule has 140 valence electrons. The Morgan fingerprint density at radius 3 is 2.26 bits per heavy atom. The molecule has 6 nitrogen and oxygen atoms in total. The number of hydrogen-bond donors (Lipinski definition) is 1. The number of benzene rings is 2. The summed E-state index contributed by atoms with van der Waals surface area (Å²) in [6, 6.07) is 12.9. The van der Waals surface area contributed by atoms with Crippen LogP contribution in [0, 0.1) is 6.92 Å². The summed E-state index contributed by atoms with van der Waals surface area (Å²) in [6.07, 6.45) is 2.98. The third kappa shape index (κ3) is 5.21. The lowest BCUT2D eigenvalue weighted by Gasteiger charge is -2.09. The van der Waals surface area contributed by atoms with Crippen LogP contribution in [-0.2, 0) is 10.8 Å². The summed E-state index contributed by atoms with van der Waals surface area (Å²) in [5, 5.41) is 8.92. The minimum atomic E-state index is -1.41. The Morgan fingerprint density at radius 2 is 1.70 bits per heavy atom. The lowest BCUT2D eigenvalue weighted by molar-refractivity contribution is 0.0697. The van der Waals surface area contributed by atoms with Gasteiger partial charge in [0.1, 0.15) is 12.1 Å². The summed E-state index contributed by atoms with van der Waals surface area (Å²) in [5.41, 5.74) is 0.970. The predicted molar refractivity (Wildman–Crippen MR) is 103 cm³/mol. The maximum absolute atomic E-state index is 12.7. The number of nitrogens with zero attached hydrogens (tertiary/aromatic N) is 2. The molecule has 1 N–H and O–H groups in total. The first kappa shape index (κ1) is 20.3. The largest absolute Gasteiger partial charge is 0.478 e. The van der Waals surface area contributed by atoms with Gasteiger partial charge in [0.2, 0.25) is 5.88 Å². The molecule has 1 aromatic heterocycles. The molecule has 27 heavy (non-hydrogen) atoms. The lowest BCUT2D eigenvalue weighted by atomic mass is 10.2. The molecule has 0 aliphatic rings. The van der Waals surface area contributed by atoms with Crippen molar-refractivity contribution in [2.24, 2.45) is 0 Å². The van der Waals surface area contributed by atoms with E-state index < -0.39 is 16.8 Å². The maximum atomic E-state index is 12.7. The number of aromatic nitrogens is 2. The van der Waals surface area contributed by atoms with Crippen molar-refractivity contribution in [3.63, 3.8) is 0 Å². The summed E-state index contributed by atoms with van der Waals surface area (Å²) in [6.45, 7) is 5.85. The van der Waals surface area contributed by atoms with Crippen LogP contribution in [0.1, 0.15) is 29.8 Å². The van der Waals surface area contributed by atoms with E-state index in [1.54, 1.807) is 42.6 Å². The summed E-state index contributed by atoms with van der Waals surface area (Å²) in [5.74, 6) is 0.0244. The van der Waals surface area contributed by atoms with Gasteiger partial charge in [0.05, 0.1) is 16.4 Å². The smallest absolute Gasteiger partial charge is 0.335 e. The highest BCUT2D eigenvalue weighted by atomic mass is 32.2. The first-order chi connectivity index (χ1) is 13.0. The predicted octanol–water partition coefficient (Wildman–Crippen LogP) is 4.47. The van der Waals surface area contributed by atoms with Crippen LogP contribution < -0.4 is 4.74 Å². The third-order valence-corrected chi connectivity index (χ3v) is 4.83. The van der Waals surface area contributed by atoms with Crippen molar-refractivity contribution in [1.82, 2.24) is 9.97 Å². The molecule has 0 bridgehead atoms. The van der Waals surface area contributed by atoms with Crippen molar-refractivity contribution in [2.45, 2.75) is 30.6 Å². The zero-order valence-electron chi connectivity index (χ0n) is 15.2. The summed E-state index contributed by atoms with van der Waals surface area (Å²) < 4.78 is 18.3. The first-order valence-electron chi connectivity index (χ1n) is 8.34. The molecule has 0 saturated carbocycles. The highest BCUT2D eigenvalue weighted by Gasteiger charge is 2.11. The molecule has 1 heterocycles. The Bertz CT molecular complexity index is 928. The number of aryl methyl sites for hydroxylation is 1. The molecule has 0 amide bonds. The van der Waals surface area contributed by atoms with Gasteiger partial charge in [0, 0.05) is 22.1 Å². The minimum Gasteiger partial charge on any atom is -0.478 e. The molecule has 2 aromatic carbocycles. The fraction of sp³-hybridized carbons (Fsp3) is 0.150. The van der Waals surface area contributed by atoms with Crippen LogP contribution in [0.15, 0.2) is 70.8 Å². The Hall–Kier alpha value is -3.06. The van der Waals surface area contributed by atoms with E-state index in [0.29, 0.717) is 21.4 Å². The average molecular weight is 384 g/mol. The lowest BCUT2D eigenvalue weighted by Crippen LogP contribution is -1.98. The van der Waals surface area contributed by atoms with Crippen LogP contribution in [-0.4, -0.2) is 25.3 Å². The van der Waals surface area contributed by atoms with E-state index in [9.17, 15) is 9.00 Å². The van der Waals surface area contributed by atoms with E-state index in [-0.39, 0.29) is 5.56 Å². The van der Waals surface area contributed by atoms with Crippen molar-refractivity contribution in [3.05, 3.63) is 72.2 Å². The molecule has 0 radical (unpaired) electrons. The van der Waals surface area contributed by atoms with E-state index in [4.69, 9.17) is 9.84 Å². The number of hydrogen-bond acceptors (Lipinski definition) is 5. The van der Waals surface area contributed by atoms with Gasteiger partial charge < -0.3 is 9.84 Å². The Labute approximate surface area is 160 Å². The molecule has 0 fully saturated rings. The van der Waals surface area contributed by atoms with Crippen LogP contribution in [0.3, 0.4) is 0 Å². The van der Waals surface area contributed by atoms with Crippen LogP contribution in [0.5, 0.6) is 11.6 Å². The summed E-state index contributed by atoms with van der Waals surface area (Å²) >= 11 is 0. The highest BCUT2D eigenvalue weighted by molar-refractivity contribution is 7.85. The van der Waals surface area contributed by atoms with E-state index in [1.807, 2.05) is 20.8 Å². The van der Waals surface area contributed by atoms with Crippen molar-refractivity contribution < 1.29 is 18.8 Å². The topological polar surface area (TPSA) is 89.4 Å². The molecule has 3 rings (SSSR count). The normalized spacial score (nSPS) is 11.1. The van der Waals surface area contributed by atoms with E-state index >= 15 is 0 Å². The van der Waals surface area contributed by atoms with Gasteiger partial charge in [-0.1, -0.05) is 13.8 Å². The molecule has 1 atom stereocenters. The third-order valence-electron chi connectivity index (χ3n) is 3.45. The van der Waals surface area contributed by atoms with Crippen molar-refractivity contribution in [3.8, 4) is 11.6 Å². The van der Waals surface area contributed by atoms with Gasteiger partial charge in [-0.2, -0.15) is 0 Å². The number of carbonyl (C=O) groups is 1. The molecule has 0 aliphatic carbocycles. The quantitative estimate of drug-likeness (QED) is 0.698. The van der Waals surface area contributed by atoms with Gasteiger partial charge >= 0.3 is 5.97 Å². The van der Waals surface area contributed by atoms with Crippen LogP contribution >= 0.6 is 0 Å². The Balaban J connectivity index is 0.00000126. The van der Waals surface area contributed by atoms with E-state index in [2.05, 4.69) is 9.97 Å². The number of carboxylic acid groups (broad SMARTS) is 1. The van der Waals surface area contributed by atoms with Crippen LogP contribution in [0.25, 0.3) is 0 Å². The van der Waals surface area contributed by atoms with Gasteiger partial charge in [0.25, 0.3) is 0 Å². The molecular weight excluding hydrogens is 364 g/mol. The van der Waals surface area contributed by atoms with E-state index in [0.717, 1.165) is 5.56 Å². The van der Waals surface area contributed by atoms with E-state index in [1.165, 1.54) is 18.5 Å². The molecule has 0 spiro atoms. The van der Waals surface area contributed by atoms with Crippen molar-refractivity contribution >= 4 is 16.8 Å². The minimum absolute atomic E-state index is 0.158. The second-order valence-electron chi connectivity index (χ2n) is 5.18. The van der Waals surface area contributed by atoms with Crippen molar-refractivity contribution in [2.75, 3.05) is 0 Å². The Kier molecular flexibility index (Phi) is 7.19. The van der Waals surface area contributed by atoms with Gasteiger partial charge in [-0.15, -0.1) is 0 Å². The first-order valence-corrected chi connectivity index (χ1v) is 9.49. The molecule has 1 unspecified atom stereocenters. The van der Waals surface area contributed by atoms with Gasteiger partial charge in [-0.05, 0) is 55.0 Å². The number of aromatic carboxylic acids is 1. The molecular formula is C20H20N2O4S. The van der Waals surface area contributed by atoms with Crippen LogP contribution in [0.4, 0.5) is 0 Å². The fourth-order valence-corrected chi connectivity index (χ4v) is 3.29. The summed E-state index contributed by atoms with van der Waals surface area (Å²) in [7, 11) is -1.41. The number of rotatable bonds is 5. The maximum Gasteiger partial charge on any atom is 0.335 e. The molecule has 7 heteroatoms. The standard InChI is InChI=1S/C18H14N2O4S.C2H6/c1-12-10-15(6-7-16(12)24-17-8-9-19-11-20-17)25(23)14-4-2-13(3-5-14)18(21)22;1-2/h2-11H,1H3,(H,21,22);1-2H3. The zero-order valence-corrected chi connectivity index (χ0v) is 16.1. The fourth-order valence-electron chi connectivity index (χ4n) is 2.16.